The van der Waals surface area contributed by atoms with Gasteiger partial charge in [-0.15, -0.1) is 0 Å². The molecule has 0 spiro atoms. The van der Waals surface area contributed by atoms with Crippen LogP contribution in [0.15, 0.2) is 11.6 Å². The quantitative estimate of drug-likeness (QED) is 0.547. The van der Waals surface area contributed by atoms with Gasteiger partial charge in [0.25, 0.3) is 0 Å². The molecule has 16 heavy (non-hydrogen) atoms. The van der Waals surface area contributed by atoms with Gasteiger partial charge in [-0.05, 0) is 45.0 Å². The van der Waals surface area contributed by atoms with Crippen LogP contribution in [0.2, 0.25) is 58.9 Å². The van der Waals surface area contributed by atoms with Crippen molar-refractivity contribution in [2.24, 2.45) is 0 Å². The molecule has 0 heterocycles. The van der Waals surface area contributed by atoms with Gasteiger partial charge in [0.15, 0.2) is 0 Å². The molecule has 0 radical (unpaired) electrons. The lowest BCUT2D eigenvalue weighted by atomic mass is 11.0. The molecular weight excluding hydrogens is 248 g/mol. The van der Waals surface area contributed by atoms with Gasteiger partial charge in [-0.25, -0.2) is 0 Å². The zero-order valence-electron chi connectivity index (χ0n) is 12.4. The Morgan fingerprint density at radius 2 is 1.00 bits per heavy atom. The fraction of sp³-hybridized carbons (Fsp3) is 0.818. The Labute approximate surface area is 104 Å². The summed E-state index contributed by atoms with van der Waals surface area (Å²) < 4.78 is 12.1. The van der Waals surface area contributed by atoms with Gasteiger partial charge in [-0.1, -0.05) is 19.6 Å². The molecule has 0 fully saturated rings. The van der Waals surface area contributed by atoms with Crippen LogP contribution in [0.1, 0.15) is 0 Å². The van der Waals surface area contributed by atoms with Gasteiger partial charge >= 0.3 is 0 Å². The van der Waals surface area contributed by atoms with E-state index in [0.717, 1.165) is 5.95 Å². The van der Waals surface area contributed by atoms with Crippen LogP contribution in [-0.2, 0) is 8.85 Å². The molecule has 0 rings (SSSR count). The Kier molecular flexibility index (Phi) is 5.10. The molecule has 0 N–H and O–H groups in total. The van der Waals surface area contributed by atoms with E-state index < -0.39 is 24.7 Å². The topological polar surface area (TPSA) is 18.5 Å². The molecule has 0 aromatic carbocycles. The Hall–Kier alpha value is -0.00935. The largest absolute Gasteiger partial charge is 0.521 e. The smallest absolute Gasteiger partial charge is 0.246 e. The summed E-state index contributed by atoms with van der Waals surface area (Å²) in [6.45, 7) is 20.1. The molecule has 0 saturated carbocycles. The molecule has 0 amide bonds. The van der Waals surface area contributed by atoms with Gasteiger partial charge in [0, 0.05) is 0 Å². The number of rotatable bonds is 5. The summed E-state index contributed by atoms with van der Waals surface area (Å²) in [6, 6.07) is 0. The maximum Gasteiger partial charge on any atom is 0.246 e. The highest BCUT2D eigenvalue weighted by Gasteiger charge is 2.25. The minimum Gasteiger partial charge on any atom is -0.521 e. The van der Waals surface area contributed by atoms with Crippen molar-refractivity contribution in [3.8, 4) is 0 Å². The van der Waals surface area contributed by atoms with Crippen molar-refractivity contribution in [2.45, 2.75) is 58.9 Å². The molecule has 5 heteroatoms. The fourth-order valence-corrected chi connectivity index (χ4v) is 3.59. The van der Waals surface area contributed by atoms with Crippen molar-refractivity contribution in [3.63, 3.8) is 0 Å². The van der Waals surface area contributed by atoms with Crippen LogP contribution in [0, 0.1) is 0 Å². The lowest BCUT2D eigenvalue weighted by Crippen LogP contribution is -2.33. The van der Waals surface area contributed by atoms with Crippen LogP contribution in [-0.4, -0.2) is 24.7 Å². The first-order valence-electron chi connectivity index (χ1n) is 5.89. The molecule has 0 saturated heterocycles. The predicted octanol–water partition coefficient (Wildman–Crippen LogP) is 4.41. The Morgan fingerprint density at radius 1 is 0.688 bits per heavy atom. The molecule has 0 aliphatic heterocycles. The highest BCUT2D eigenvalue weighted by atomic mass is 28.4. The van der Waals surface area contributed by atoms with Crippen LogP contribution in [0.5, 0.6) is 0 Å². The summed E-state index contributed by atoms with van der Waals surface area (Å²) in [4.78, 5) is 0. The summed E-state index contributed by atoms with van der Waals surface area (Å²) in [5.74, 6) is 0.803. The maximum absolute atomic E-state index is 6.04. The van der Waals surface area contributed by atoms with Gasteiger partial charge in [0.2, 0.25) is 22.6 Å². The minimum atomic E-state index is -1.57. The predicted molar refractivity (Wildman–Crippen MR) is 80.3 cm³/mol. The van der Waals surface area contributed by atoms with E-state index in [1.807, 2.05) is 0 Å². The fourth-order valence-electron chi connectivity index (χ4n) is 1.04. The van der Waals surface area contributed by atoms with E-state index in [-0.39, 0.29) is 0 Å². The lowest BCUT2D eigenvalue weighted by molar-refractivity contribution is 0.217. The van der Waals surface area contributed by atoms with Crippen LogP contribution in [0.25, 0.3) is 0 Å². The van der Waals surface area contributed by atoms with Gasteiger partial charge < -0.3 is 8.85 Å². The van der Waals surface area contributed by atoms with Crippen LogP contribution in [0.4, 0.5) is 0 Å². The maximum atomic E-state index is 6.04. The zero-order valence-corrected chi connectivity index (χ0v) is 15.4. The lowest BCUT2D eigenvalue weighted by Gasteiger charge is -2.29. The summed E-state index contributed by atoms with van der Waals surface area (Å²) in [6.07, 6.45) is 0. The Balaban J connectivity index is 4.87. The van der Waals surface area contributed by atoms with Crippen molar-refractivity contribution >= 4 is 24.7 Å². The number of hydrogen-bond donors (Lipinski definition) is 0. The summed E-state index contributed by atoms with van der Waals surface area (Å²) >= 11 is 0. The SMILES string of the molecule is C[Si](C)(C)C=C(O[Si](C)(C)C)O[Si](C)(C)C. The molecule has 2 nitrogen and oxygen atoms in total. The third-order valence-electron chi connectivity index (χ3n) is 1.36. The molecular formula is C11H28O2Si3. The van der Waals surface area contributed by atoms with Gasteiger partial charge in [0.1, 0.15) is 0 Å². The van der Waals surface area contributed by atoms with Gasteiger partial charge in [-0.2, -0.15) is 0 Å². The second-order valence-corrected chi connectivity index (χ2v) is 21.1. The second-order valence-electron chi connectivity index (χ2n) is 7.26. The average Bonchev–Trinajstić information content (AvgIpc) is 1.70. The van der Waals surface area contributed by atoms with Crippen LogP contribution in [0.3, 0.4) is 0 Å². The Morgan fingerprint density at radius 3 is 1.19 bits per heavy atom. The molecule has 96 valence electrons. The van der Waals surface area contributed by atoms with Crippen molar-refractivity contribution in [1.82, 2.24) is 0 Å². The zero-order chi connectivity index (χ0) is 13.2. The van der Waals surface area contributed by atoms with Crippen molar-refractivity contribution in [1.29, 1.82) is 0 Å². The third kappa shape index (κ3) is 10.5. The van der Waals surface area contributed by atoms with Crippen molar-refractivity contribution in [2.75, 3.05) is 0 Å². The third-order valence-corrected chi connectivity index (χ3v) is 4.09. The van der Waals surface area contributed by atoms with Crippen molar-refractivity contribution in [3.05, 3.63) is 11.6 Å². The van der Waals surface area contributed by atoms with Crippen molar-refractivity contribution < 1.29 is 8.85 Å². The average molecular weight is 277 g/mol. The first-order valence-corrected chi connectivity index (χ1v) is 16.3. The first-order chi connectivity index (χ1) is 6.79. The standard InChI is InChI=1S/C11H28O2Si3/c1-14(2,3)10-11(12-15(4,5)6)13-16(7,8)9/h10H,1-9H3. The van der Waals surface area contributed by atoms with E-state index in [4.69, 9.17) is 8.85 Å². The van der Waals surface area contributed by atoms with E-state index in [9.17, 15) is 0 Å². The normalized spacial score (nSPS) is 13.3. The number of hydrogen-bond acceptors (Lipinski definition) is 2. The Bertz CT molecular complexity index is 236. The molecule has 0 bridgehead atoms. The molecule has 0 aromatic heterocycles. The van der Waals surface area contributed by atoms with E-state index >= 15 is 0 Å². The van der Waals surface area contributed by atoms with Gasteiger partial charge in [-0.3, -0.25) is 0 Å². The van der Waals surface area contributed by atoms with Gasteiger partial charge in [0.05, 0.1) is 8.07 Å². The molecule has 0 aliphatic carbocycles. The summed E-state index contributed by atoms with van der Waals surface area (Å²) in [5, 5.41) is 0. The summed E-state index contributed by atoms with van der Waals surface area (Å²) in [7, 11) is -4.42. The summed E-state index contributed by atoms with van der Waals surface area (Å²) in [5.41, 5.74) is 2.24. The van der Waals surface area contributed by atoms with E-state index in [0.29, 0.717) is 0 Å². The molecule has 0 atom stereocenters. The van der Waals surface area contributed by atoms with E-state index in [1.165, 1.54) is 0 Å². The van der Waals surface area contributed by atoms with E-state index in [2.05, 4.69) is 64.6 Å². The molecule has 0 aliphatic rings. The van der Waals surface area contributed by atoms with E-state index in [1.54, 1.807) is 0 Å². The monoisotopic (exact) mass is 276 g/mol. The highest BCUT2D eigenvalue weighted by Crippen LogP contribution is 2.19. The molecule has 0 aromatic rings. The highest BCUT2D eigenvalue weighted by molar-refractivity contribution is 6.81. The van der Waals surface area contributed by atoms with Crippen LogP contribution >= 0.6 is 0 Å². The first kappa shape index (κ1) is 16.0. The minimum absolute atomic E-state index is 0.803. The van der Waals surface area contributed by atoms with Crippen LogP contribution < -0.4 is 0 Å². The molecule has 0 unspecified atom stereocenters. The second kappa shape index (κ2) is 5.10.